The molecule has 118 valence electrons. The molecule has 3 atom stereocenters. The van der Waals surface area contributed by atoms with Gasteiger partial charge in [-0.2, -0.15) is 0 Å². The van der Waals surface area contributed by atoms with Gasteiger partial charge in [0, 0.05) is 10.5 Å². The standard InChI is InChI=1S/C18H28BrNO/c1-4-13-6-7-14(10-13)17(20-5-2)12-15-11-16(19)8-9-18(15)21-3/h8-9,11,13-14,17,20H,4-7,10,12H2,1-3H3. The molecule has 0 radical (unpaired) electrons. The van der Waals surface area contributed by atoms with Crippen LogP contribution in [0.1, 0.15) is 45.1 Å². The van der Waals surface area contributed by atoms with E-state index in [2.05, 4.69) is 47.2 Å². The molecule has 1 aromatic rings. The van der Waals surface area contributed by atoms with Crippen molar-refractivity contribution in [3.8, 4) is 5.75 Å². The topological polar surface area (TPSA) is 21.3 Å². The highest BCUT2D eigenvalue weighted by Gasteiger charge is 2.30. The lowest BCUT2D eigenvalue weighted by molar-refractivity contribution is 0.342. The van der Waals surface area contributed by atoms with Crippen molar-refractivity contribution in [3.63, 3.8) is 0 Å². The van der Waals surface area contributed by atoms with Crippen LogP contribution < -0.4 is 10.1 Å². The SMILES string of the molecule is CCNC(Cc1cc(Br)ccc1OC)C1CCC(CC)C1. The quantitative estimate of drug-likeness (QED) is 0.759. The lowest BCUT2D eigenvalue weighted by Crippen LogP contribution is -2.37. The van der Waals surface area contributed by atoms with E-state index >= 15 is 0 Å². The van der Waals surface area contributed by atoms with Gasteiger partial charge in [0.25, 0.3) is 0 Å². The third-order valence-corrected chi connectivity index (χ3v) is 5.37. The van der Waals surface area contributed by atoms with E-state index in [0.717, 1.165) is 35.0 Å². The van der Waals surface area contributed by atoms with Crippen LogP contribution in [-0.2, 0) is 6.42 Å². The van der Waals surface area contributed by atoms with Crippen LogP contribution in [0.4, 0.5) is 0 Å². The Labute approximate surface area is 137 Å². The van der Waals surface area contributed by atoms with E-state index in [0.29, 0.717) is 6.04 Å². The number of hydrogen-bond acceptors (Lipinski definition) is 2. The fourth-order valence-electron chi connectivity index (χ4n) is 3.66. The highest BCUT2D eigenvalue weighted by atomic mass is 79.9. The van der Waals surface area contributed by atoms with Gasteiger partial charge in [0.05, 0.1) is 7.11 Å². The zero-order chi connectivity index (χ0) is 15.2. The van der Waals surface area contributed by atoms with Gasteiger partial charge >= 0.3 is 0 Å². The molecule has 1 N–H and O–H groups in total. The van der Waals surface area contributed by atoms with Gasteiger partial charge < -0.3 is 10.1 Å². The average molecular weight is 354 g/mol. The predicted molar refractivity (Wildman–Crippen MR) is 93.0 cm³/mol. The van der Waals surface area contributed by atoms with Gasteiger partial charge in [0.1, 0.15) is 5.75 Å². The van der Waals surface area contributed by atoms with Gasteiger partial charge in [-0.25, -0.2) is 0 Å². The highest BCUT2D eigenvalue weighted by molar-refractivity contribution is 9.10. The first kappa shape index (κ1) is 16.8. The number of likely N-dealkylation sites (N-methyl/N-ethyl adjacent to an activating group) is 1. The molecule has 1 aromatic carbocycles. The zero-order valence-corrected chi connectivity index (χ0v) is 15.1. The first-order valence-corrected chi connectivity index (χ1v) is 9.03. The summed E-state index contributed by atoms with van der Waals surface area (Å²) in [6.45, 7) is 5.57. The molecule has 0 bridgehead atoms. The lowest BCUT2D eigenvalue weighted by Gasteiger charge is -2.25. The van der Waals surface area contributed by atoms with E-state index in [1.807, 2.05) is 6.07 Å². The average Bonchev–Trinajstić information content (AvgIpc) is 2.96. The molecule has 21 heavy (non-hydrogen) atoms. The molecule has 3 heteroatoms. The molecule has 0 amide bonds. The molecule has 1 aliphatic rings. The molecular weight excluding hydrogens is 326 g/mol. The third-order valence-electron chi connectivity index (χ3n) is 4.88. The summed E-state index contributed by atoms with van der Waals surface area (Å²) < 4.78 is 6.67. The molecule has 0 spiro atoms. The fraction of sp³-hybridized carbons (Fsp3) is 0.667. The van der Waals surface area contributed by atoms with E-state index in [1.165, 1.54) is 31.2 Å². The van der Waals surface area contributed by atoms with E-state index in [4.69, 9.17) is 4.74 Å². The second-order valence-electron chi connectivity index (χ2n) is 6.17. The molecule has 0 aliphatic heterocycles. The molecule has 1 fully saturated rings. The minimum absolute atomic E-state index is 0.565. The maximum Gasteiger partial charge on any atom is 0.122 e. The molecule has 1 aliphatic carbocycles. The van der Waals surface area contributed by atoms with Crippen molar-refractivity contribution in [3.05, 3.63) is 28.2 Å². The first-order chi connectivity index (χ1) is 10.2. The number of hydrogen-bond donors (Lipinski definition) is 1. The molecule has 3 unspecified atom stereocenters. The monoisotopic (exact) mass is 353 g/mol. The van der Waals surface area contributed by atoms with Crippen molar-refractivity contribution in [2.24, 2.45) is 11.8 Å². The van der Waals surface area contributed by atoms with Crippen LogP contribution in [-0.4, -0.2) is 19.7 Å². The second kappa shape index (κ2) is 8.19. The second-order valence-corrected chi connectivity index (χ2v) is 7.09. The van der Waals surface area contributed by atoms with E-state index < -0.39 is 0 Å². The van der Waals surface area contributed by atoms with Crippen molar-refractivity contribution in [2.45, 2.75) is 52.0 Å². The molecule has 1 saturated carbocycles. The summed E-state index contributed by atoms with van der Waals surface area (Å²) in [4.78, 5) is 0. The van der Waals surface area contributed by atoms with Crippen molar-refractivity contribution in [1.29, 1.82) is 0 Å². The fourth-order valence-corrected chi connectivity index (χ4v) is 4.07. The number of methoxy groups -OCH3 is 1. The van der Waals surface area contributed by atoms with Gasteiger partial charge in [-0.15, -0.1) is 0 Å². The van der Waals surface area contributed by atoms with Gasteiger partial charge in [0.15, 0.2) is 0 Å². The number of nitrogens with one attached hydrogen (secondary N) is 1. The van der Waals surface area contributed by atoms with Crippen molar-refractivity contribution >= 4 is 15.9 Å². The van der Waals surface area contributed by atoms with Crippen LogP contribution in [0.3, 0.4) is 0 Å². The van der Waals surface area contributed by atoms with Gasteiger partial charge in [-0.3, -0.25) is 0 Å². The van der Waals surface area contributed by atoms with Gasteiger partial charge in [-0.05, 0) is 61.4 Å². The molecule has 0 saturated heterocycles. The van der Waals surface area contributed by atoms with Crippen LogP contribution in [0.25, 0.3) is 0 Å². The minimum Gasteiger partial charge on any atom is -0.496 e. The smallest absolute Gasteiger partial charge is 0.122 e. The summed E-state index contributed by atoms with van der Waals surface area (Å²) in [7, 11) is 1.76. The van der Waals surface area contributed by atoms with Crippen molar-refractivity contribution < 1.29 is 4.74 Å². The Kier molecular flexibility index (Phi) is 6.56. The maximum atomic E-state index is 5.54. The van der Waals surface area contributed by atoms with Crippen LogP contribution in [0.2, 0.25) is 0 Å². The maximum absolute atomic E-state index is 5.54. The zero-order valence-electron chi connectivity index (χ0n) is 13.5. The number of halogens is 1. The summed E-state index contributed by atoms with van der Waals surface area (Å²) in [5, 5.41) is 3.72. The minimum atomic E-state index is 0.565. The molecule has 0 heterocycles. The Balaban J connectivity index is 2.11. The Morgan fingerprint density at radius 3 is 2.76 bits per heavy atom. The molecular formula is C18H28BrNO. The summed E-state index contributed by atoms with van der Waals surface area (Å²) in [6.07, 6.45) is 6.53. The van der Waals surface area contributed by atoms with Crippen molar-refractivity contribution in [1.82, 2.24) is 5.32 Å². The van der Waals surface area contributed by atoms with E-state index in [1.54, 1.807) is 7.11 Å². The predicted octanol–water partition coefficient (Wildman–Crippen LogP) is 4.80. The van der Waals surface area contributed by atoms with E-state index in [-0.39, 0.29) is 0 Å². The lowest BCUT2D eigenvalue weighted by atomic mass is 9.90. The largest absolute Gasteiger partial charge is 0.496 e. The number of rotatable bonds is 7. The summed E-state index contributed by atoms with van der Waals surface area (Å²) in [5.74, 6) is 2.74. The van der Waals surface area contributed by atoms with Crippen LogP contribution in [0, 0.1) is 11.8 Å². The Hall–Kier alpha value is -0.540. The molecule has 0 aromatic heterocycles. The molecule has 2 nitrogen and oxygen atoms in total. The normalized spacial score (nSPS) is 23.2. The van der Waals surface area contributed by atoms with Crippen molar-refractivity contribution in [2.75, 3.05) is 13.7 Å². The number of ether oxygens (including phenoxy) is 1. The van der Waals surface area contributed by atoms with E-state index in [9.17, 15) is 0 Å². The Morgan fingerprint density at radius 1 is 1.33 bits per heavy atom. The summed E-state index contributed by atoms with van der Waals surface area (Å²) in [5.41, 5.74) is 1.30. The third kappa shape index (κ3) is 4.46. The van der Waals surface area contributed by atoms with Crippen LogP contribution in [0.5, 0.6) is 5.75 Å². The van der Waals surface area contributed by atoms with Crippen LogP contribution >= 0.6 is 15.9 Å². The van der Waals surface area contributed by atoms with Crippen LogP contribution in [0.15, 0.2) is 22.7 Å². The number of benzene rings is 1. The van der Waals surface area contributed by atoms with Gasteiger partial charge in [0.2, 0.25) is 0 Å². The molecule has 2 rings (SSSR count). The first-order valence-electron chi connectivity index (χ1n) is 8.23. The highest BCUT2D eigenvalue weighted by Crippen LogP contribution is 2.36. The summed E-state index contributed by atoms with van der Waals surface area (Å²) in [6, 6.07) is 6.88. The Morgan fingerprint density at radius 2 is 2.14 bits per heavy atom. The van der Waals surface area contributed by atoms with Gasteiger partial charge in [-0.1, -0.05) is 42.6 Å². The summed E-state index contributed by atoms with van der Waals surface area (Å²) >= 11 is 3.58. The Bertz CT molecular complexity index is 449.